The number of aliphatic hydroxyl groups excluding tert-OH is 1. The molecule has 3 saturated carbocycles. The van der Waals surface area contributed by atoms with E-state index in [2.05, 4.69) is 0 Å². The smallest absolute Gasteiger partial charge is 0.305 e. The van der Waals surface area contributed by atoms with Gasteiger partial charge in [-0.05, 0) is 49.7 Å². The molecule has 0 heterocycles. The van der Waals surface area contributed by atoms with Crippen molar-refractivity contribution in [2.24, 2.45) is 28.6 Å². The first-order valence-corrected chi connectivity index (χ1v) is 11.1. The summed E-state index contributed by atoms with van der Waals surface area (Å²) >= 11 is 6.16. The molecule has 0 aromatic carbocycles. The average Bonchev–Trinajstić information content (AvgIpc) is 2.92. The molecule has 7 heteroatoms. The number of carbonyl (C=O) groups excluding carboxylic acids is 2. The van der Waals surface area contributed by atoms with Crippen molar-refractivity contribution >= 4 is 23.4 Å². The van der Waals surface area contributed by atoms with Crippen molar-refractivity contribution in [3.8, 4) is 0 Å². The lowest BCUT2D eigenvalue weighted by molar-refractivity contribution is -0.212. The van der Waals surface area contributed by atoms with Crippen LogP contribution in [0.4, 0.5) is 8.78 Å². The Morgan fingerprint density at radius 2 is 2.00 bits per heavy atom. The van der Waals surface area contributed by atoms with Gasteiger partial charge in [-0.25, -0.2) is 8.78 Å². The van der Waals surface area contributed by atoms with E-state index in [9.17, 15) is 14.7 Å². The molecule has 0 radical (unpaired) electrons. The van der Waals surface area contributed by atoms with Gasteiger partial charge in [0.1, 0.15) is 12.3 Å². The SMILES string of the molecule is CCC(=O)O[C@@H]1[C@@H](C)C[C@H]2[C@@H]3C[C@H](F)C4=C(Cl)C(=O)C=C[C@]4(C)[C@@]3(F)[C@@H](O)C[C@]12C. The number of esters is 1. The van der Waals surface area contributed by atoms with Gasteiger partial charge in [0, 0.05) is 23.2 Å². The van der Waals surface area contributed by atoms with Gasteiger partial charge in [-0.2, -0.15) is 0 Å². The topological polar surface area (TPSA) is 63.6 Å². The van der Waals surface area contributed by atoms with E-state index in [0.29, 0.717) is 6.42 Å². The number of ether oxygens (including phenoxy) is 1. The van der Waals surface area contributed by atoms with Crippen molar-refractivity contribution in [2.75, 3.05) is 0 Å². The summed E-state index contributed by atoms with van der Waals surface area (Å²) in [6.45, 7) is 7.13. The molecule has 3 fully saturated rings. The normalized spacial score (nSPS) is 50.1. The van der Waals surface area contributed by atoms with Crippen LogP contribution in [0.5, 0.6) is 0 Å². The molecule has 0 aromatic heterocycles. The first kappa shape index (κ1) is 21.9. The highest BCUT2D eigenvalue weighted by molar-refractivity contribution is 6.45. The molecule has 30 heavy (non-hydrogen) atoms. The van der Waals surface area contributed by atoms with Gasteiger partial charge in [-0.15, -0.1) is 0 Å². The maximum Gasteiger partial charge on any atom is 0.305 e. The quantitative estimate of drug-likeness (QED) is 0.642. The number of alkyl halides is 2. The minimum Gasteiger partial charge on any atom is -0.461 e. The van der Waals surface area contributed by atoms with Crippen molar-refractivity contribution in [1.82, 2.24) is 0 Å². The summed E-state index contributed by atoms with van der Waals surface area (Å²) in [7, 11) is 0. The monoisotopic (exact) mass is 442 g/mol. The molecule has 0 bridgehead atoms. The minimum atomic E-state index is -2.17. The second-order valence-corrected chi connectivity index (χ2v) is 10.4. The van der Waals surface area contributed by atoms with Crippen LogP contribution in [0.25, 0.3) is 0 Å². The third-order valence-corrected chi connectivity index (χ3v) is 8.87. The molecule has 1 N–H and O–H groups in total. The number of hydrogen-bond donors (Lipinski definition) is 1. The number of carbonyl (C=O) groups is 2. The maximum atomic E-state index is 17.0. The second-order valence-electron chi connectivity index (χ2n) is 10.0. The molecule has 4 rings (SSSR count). The molecule has 4 aliphatic carbocycles. The van der Waals surface area contributed by atoms with Crippen LogP contribution in [-0.2, 0) is 14.3 Å². The van der Waals surface area contributed by atoms with Gasteiger partial charge in [0.2, 0.25) is 0 Å². The van der Waals surface area contributed by atoms with Crippen LogP contribution >= 0.6 is 11.6 Å². The molecule has 0 aromatic rings. The highest BCUT2D eigenvalue weighted by atomic mass is 35.5. The fraction of sp³-hybridized carbons (Fsp3) is 0.739. The summed E-state index contributed by atoms with van der Waals surface area (Å²) in [5, 5.41) is 10.9. The van der Waals surface area contributed by atoms with E-state index in [4.69, 9.17) is 16.3 Å². The molecule has 0 spiro atoms. The zero-order valence-electron chi connectivity index (χ0n) is 17.8. The standard InChI is InChI=1S/C23H29ClF2O4/c1-5-17(29)30-20-11(2)8-12-13-9-14(25)18-19(24)15(27)6-7-22(18,4)23(13,26)16(28)10-21(12,20)3/h6-7,11-14,16,20,28H,5,8-10H2,1-4H3/t11-,12-,13-,14-,16-,20+,21-,22-,23-/m0/s1. The van der Waals surface area contributed by atoms with Crippen LogP contribution in [0.3, 0.4) is 0 Å². The van der Waals surface area contributed by atoms with Gasteiger partial charge in [0.25, 0.3) is 0 Å². The van der Waals surface area contributed by atoms with E-state index in [1.165, 1.54) is 19.1 Å². The van der Waals surface area contributed by atoms with Crippen LogP contribution in [0.1, 0.15) is 53.4 Å². The third-order valence-electron chi connectivity index (χ3n) is 8.48. The number of hydrogen-bond acceptors (Lipinski definition) is 4. The predicted molar refractivity (Wildman–Crippen MR) is 108 cm³/mol. The number of aliphatic hydroxyl groups is 1. The Balaban J connectivity index is 1.81. The number of rotatable bonds is 2. The van der Waals surface area contributed by atoms with E-state index in [1.807, 2.05) is 13.8 Å². The maximum absolute atomic E-state index is 17.0. The summed E-state index contributed by atoms with van der Waals surface area (Å²) in [5.41, 5.74) is -4.39. The van der Waals surface area contributed by atoms with Gasteiger partial charge < -0.3 is 9.84 Å². The first-order chi connectivity index (χ1) is 13.9. The fourth-order valence-corrected chi connectivity index (χ4v) is 7.47. The number of allylic oxidation sites excluding steroid dienone is 4. The van der Waals surface area contributed by atoms with Crippen molar-refractivity contribution in [1.29, 1.82) is 0 Å². The molecule has 9 atom stereocenters. The summed E-state index contributed by atoms with van der Waals surface area (Å²) in [6, 6.07) is 0. The van der Waals surface area contributed by atoms with Crippen molar-refractivity contribution in [3.05, 3.63) is 22.8 Å². The van der Waals surface area contributed by atoms with Crippen LogP contribution in [0.2, 0.25) is 0 Å². The fourth-order valence-electron chi connectivity index (χ4n) is 7.10. The van der Waals surface area contributed by atoms with Gasteiger partial charge in [-0.3, -0.25) is 9.59 Å². The molecule has 0 unspecified atom stereocenters. The summed E-state index contributed by atoms with van der Waals surface area (Å²) in [6.07, 6.45) is -0.116. The Hall–Kier alpha value is -1.27. The summed E-state index contributed by atoms with van der Waals surface area (Å²) in [5.74, 6) is -1.95. The van der Waals surface area contributed by atoms with Gasteiger partial charge >= 0.3 is 5.97 Å². The van der Waals surface area contributed by atoms with E-state index in [-0.39, 0.29) is 47.7 Å². The van der Waals surface area contributed by atoms with Crippen LogP contribution < -0.4 is 0 Å². The zero-order valence-corrected chi connectivity index (χ0v) is 18.5. The molecule has 4 nitrogen and oxygen atoms in total. The molecular weight excluding hydrogens is 414 g/mol. The van der Waals surface area contributed by atoms with E-state index >= 15 is 8.78 Å². The zero-order chi connectivity index (χ0) is 22.2. The molecule has 0 saturated heterocycles. The van der Waals surface area contributed by atoms with E-state index in [0.717, 1.165) is 0 Å². The Labute approximate surface area is 180 Å². The molecule has 0 amide bonds. The number of fused-ring (bicyclic) bond motifs is 5. The molecular formula is C23H29ClF2O4. The van der Waals surface area contributed by atoms with E-state index in [1.54, 1.807) is 6.92 Å². The average molecular weight is 443 g/mol. The van der Waals surface area contributed by atoms with Crippen LogP contribution in [0.15, 0.2) is 22.8 Å². The minimum absolute atomic E-state index is 0.0279. The van der Waals surface area contributed by atoms with Crippen LogP contribution in [0, 0.1) is 28.6 Å². The lowest BCUT2D eigenvalue weighted by atomic mass is 9.45. The summed E-state index contributed by atoms with van der Waals surface area (Å²) < 4.78 is 38.2. The predicted octanol–water partition coefficient (Wildman–Crippen LogP) is 4.44. The first-order valence-electron chi connectivity index (χ1n) is 10.8. The highest BCUT2D eigenvalue weighted by Crippen LogP contribution is 2.69. The molecule has 4 aliphatic rings. The highest BCUT2D eigenvalue weighted by Gasteiger charge is 2.73. The summed E-state index contributed by atoms with van der Waals surface area (Å²) in [4.78, 5) is 24.1. The van der Waals surface area contributed by atoms with Gasteiger partial charge in [-0.1, -0.05) is 38.4 Å². The van der Waals surface area contributed by atoms with E-state index < -0.39 is 46.6 Å². The molecule has 166 valence electrons. The van der Waals surface area contributed by atoms with Crippen molar-refractivity contribution < 1.29 is 28.2 Å². The number of ketones is 1. The Kier molecular flexibility index (Phi) is 5.02. The third kappa shape index (κ3) is 2.59. The molecule has 0 aliphatic heterocycles. The van der Waals surface area contributed by atoms with Crippen LogP contribution in [-0.4, -0.2) is 40.9 Å². The second kappa shape index (κ2) is 6.86. The Morgan fingerprint density at radius 1 is 1.33 bits per heavy atom. The van der Waals surface area contributed by atoms with Crippen molar-refractivity contribution in [3.63, 3.8) is 0 Å². The Bertz CT molecular complexity index is 856. The van der Waals surface area contributed by atoms with Crippen molar-refractivity contribution in [2.45, 2.75) is 77.4 Å². The lowest BCUT2D eigenvalue weighted by Crippen LogP contribution is -2.68. The largest absolute Gasteiger partial charge is 0.461 e. The number of halogens is 3. The van der Waals surface area contributed by atoms with Gasteiger partial charge in [0.15, 0.2) is 11.5 Å². The lowest BCUT2D eigenvalue weighted by Gasteiger charge is -2.62. The Morgan fingerprint density at radius 3 is 2.63 bits per heavy atom. The van der Waals surface area contributed by atoms with Gasteiger partial charge in [0.05, 0.1) is 11.1 Å².